The number of aromatic nitrogens is 5. The highest BCUT2D eigenvalue weighted by molar-refractivity contribution is 5.38. The molecule has 0 bridgehead atoms. The lowest BCUT2D eigenvalue weighted by atomic mass is 9.78. The second-order valence-electron chi connectivity index (χ2n) is 5.93. The van der Waals surface area contributed by atoms with E-state index in [2.05, 4.69) is 25.4 Å². The molecule has 0 spiro atoms. The standard InChI is InChI=1S/C15H23N7O/c1-22-15(18-9-19-22)3-4-17-13-7-12(10-5-11(16)6-10)20-14(21-13)8-23-2/h7,9-11H,3-6,8,16H2,1-2H3,(H,17,20,21). The number of methoxy groups -OCH3 is 1. The molecule has 0 saturated heterocycles. The first-order valence-electron chi connectivity index (χ1n) is 7.85. The van der Waals surface area contributed by atoms with Crippen molar-refractivity contribution in [3.05, 3.63) is 29.7 Å². The number of anilines is 1. The van der Waals surface area contributed by atoms with Gasteiger partial charge in [-0.05, 0) is 12.8 Å². The van der Waals surface area contributed by atoms with E-state index in [0.29, 0.717) is 24.4 Å². The van der Waals surface area contributed by atoms with Gasteiger partial charge in [-0.3, -0.25) is 4.68 Å². The third kappa shape index (κ3) is 3.83. The van der Waals surface area contributed by atoms with Crippen LogP contribution in [0.3, 0.4) is 0 Å². The SMILES string of the molecule is COCc1nc(NCCc2ncnn2C)cc(C2CC(N)C2)n1. The van der Waals surface area contributed by atoms with E-state index in [-0.39, 0.29) is 0 Å². The van der Waals surface area contributed by atoms with E-state index < -0.39 is 0 Å². The molecule has 1 saturated carbocycles. The molecule has 0 unspecified atom stereocenters. The van der Waals surface area contributed by atoms with Gasteiger partial charge in [0.05, 0.1) is 0 Å². The molecule has 1 aliphatic carbocycles. The molecule has 3 N–H and O–H groups in total. The van der Waals surface area contributed by atoms with Crippen LogP contribution in [0.4, 0.5) is 5.82 Å². The van der Waals surface area contributed by atoms with Crippen LogP contribution in [0.15, 0.2) is 12.4 Å². The summed E-state index contributed by atoms with van der Waals surface area (Å²) in [5.41, 5.74) is 6.94. The number of hydrogen-bond donors (Lipinski definition) is 2. The molecule has 2 aromatic heterocycles. The second-order valence-corrected chi connectivity index (χ2v) is 5.93. The smallest absolute Gasteiger partial charge is 0.156 e. The molecule has 124 valence electrons. The Kier molecular flexibility index (Phi) is 4.82. The fourth-order valence-corrected chi connectivity index (χ4v) is 2.76. The van der Waals surface area contributed by atoms with Crippen LogP contribution in [-0.4, -0.2) is 44.4 Å². The molecule has 23 heavy (non-hydrogen) atoms. The minimum absolute atomic E-state index is 0.299. The lowest BCUT2D eigenvalue weighted by Gasteiger charge is -2.32. The minimum Gasteiger partial charge on any atom is -0.377 e. The van der Waals surface area contributed by atoms with Gasteiger partial charge in [0.25, 0.3) is 0 Å². The van der Waals surface area contributed by atoms with Gasteiger partial charge in [0, 0.05) is 50.8 Å². The van der Waals surface area contributed by atoms with Gasteiger partial charge < -0.3 is 15.8 Å². The Morgan fingerprint density at radius 3 is 2.87 bits per heavy atom. The van der Waals surface area contributed by atoms with Gasteiger partial charge in [-0.25, -0.2) is 15.0 Å². The van der Waals surface area contributed by atoms with Crippen molar-refractivity contribution < 1.29 is 4.74 Å². The van der Waals surface area contributed by atoms with Gasteiger partial charge in [0.15, 0.2) is 5.82 Å². The second kappa shape index (κ2) is 7.01. The topological polar surface area (TPSA) is 104 Å². The number of rotatable bonds is 7. The molecule has 3 rings (SSSR count). The number of nitrogens with two attached hydrogens (primary N) is 1. The monoisotopic (exact) mass is 317 g/mol. The number of nitrogens with one attached hydrogen (secondary N) is 1. The quantitative estimate of drug-likeness (QED) is 0.771. The van der Waals surface area contributed by atoms with Crippen molar-refractivity contribution in [1.82, 2.24) is 24.7 Å². The zero-order valence-corrected chi connectivity index (χ0v) is 13.6. The predicted octanol–water partition coefficient (Wildman–Crippen LogP) is 0.611. The maximum absolute atomic E-state index is 5.89. The van der Waals surface area contributed by atoms with Gasteiger partial charge >= 0.3 is 0 Å². The van der Waals surface area contributed by atoms with Crippen LogP contribution in [0.5, 0.6) is 0 Å². The summed E-state index contributed by atoms with van der Waals surface area (Å²) in [6.45, 7) is 1.14. The average Bonchev–Trinajstić information content (AvgIpc) is 2.90. The van der Waals surface area contributed by atoms with Gasteiger partial charge in [0.1, 0.15) is 24.6 Å². The summed E-state index contributed by atoms with van der Waals surface area (Å²) < 4.78 is 6.95. The highest BCUT2D eigenvalue weighted by Gasteiger charge is 2.29. The zero-order valence-electron chi connectivity index (χ0n) is 13.6. The average molecular weight is 317 g/mol. The molecule has 0 aliphatic heterocycles. The molecule has 2 aromatic rings. The first-order chi connectivity index (χ1) is 11.2. The van der Waals surface area contributed by atoms with Gasteiger partial charge in [-0.1, -0.05) is 0 Å². The van der Waals surface area contributed by atoms with Crippen molar-refractivity contribution in [2.75, 3.05) is 19.0 Å². The van der Waals surface area contributed by atoms with Crippen LogP contribution in [0.2, 0.25) is 0 Å². The van der Waals surface area contributed by atoms with E-state index in [4.69, 9.17) is 10.5 Å². The maximum Gasteiger partial charge on any atom is 0.156 e. The highest BCUT2D eigenvalue weighted by Crippen LogP contribution is 2.35. The molecule has 0 atom stereocenters. The van der Waals surface area contributed by atoms with Crippen molar-refractivity contribution in [3.63, 3.8) is 0 Å². The van der Waals surface area contributed by atoms with Crippen molar-refractivity contribution in [2.45, 2.75) is 37.8 Å². The summed E-state index contributed by atoms with van der Waals surface area (Å²) in [7, 11) is 3.54. The molecule has 1 fully saturated rings. The summed E-state index contributed by atoms with van der Waals surface area (Å²) in [5.74, 6) is 2.90. The number of ether oxygens (including phenoxy) is 1. The summed E-state index contributed by atoms with van der Waals surface area (Å²) in [6.07, 6.45) is 4.32. The summed E-state index contributed by atoms with van der Waals surface area (Å²) in [6, 6.07) is 2.32. The van der Waals surface area contributed by atoms with Gasteiger partial charge in [-0.15, -0.1) is 0 Å². The molecule has 0 aromatic carbocycles. The Balaban J connectivity index is 1.66. The minimum atomic E-state index is 0.299. The molecule has 0 radical (unpaired) electrons. The lowest BCUT2D eigenvalue weighted by Crippen LogP contribution is -2.35. The van der Waals surface area contributed by atoms with Crippen molar-refractivity contribution >= 4 is 5.82 Å². The van der Waals surface area contributed by atoms with E-state index >= 15 is 0 Å². The number of nitrogens with zero attached hydrogens (tertiary/aromatic N) is 5. The first-order valence-corrected chi connectivity index (χ1v) is 7.85. The fraction of sp³-hybridized carbons (Fsp3) is 0.600. The van der Waals surface area contributed by atoms with Crippen molar-refractivity contribution in [2.24, 2.45) is 12.8 Å². The number of hydrogen-bond acceptors (Lipinski definition) is 7. The predicted molar refractivity (Wildman–Crippen MR) is 85.9 cm³/mol. The molecule has 8 heteroatoms. The largest absolute Gasteiger partial charge is 0.377 e. The third-order valence-electron chi connectivity index (χ3n) is 4.12. The van der Waals surface area contributed by atoms with Crippen LogP contribution >= 0.6 is 0 Å². The highest BCUT2D eigenvalue weighted by atomic mass is 16.5. The Hall–Kier alpha value is -2.06. The lowest BCUT2D eigenvalue weighted by molar-refractivity contribution is 0.177. The van der Waals surface area contributed by atoms with Crippen molar-refractivity contribution in [3.8, 4) is 0 Å². The van der Waals surface area contributed by atoms with Crippen LogP contribution in [0.25, 0.3) is 0 Å². The summed E-state index contributed by atoms with van der Waals surface area (Å²) in [5, 5.41) is 7.41. The molecule has 1 aliphatic rings. The molecule has 8 nitrogen and oxygen atoms in total. The Bertz CT molecular complexity index is 651. The Morgan fingerprint density at radius 1 is 1.39 bits per heavy atom. The van der Waals surface area contributed by atoms with Crippen LogP contribution in [0.1, 0.15) is 36.1 Å². The number of aryl methyl sites for hydroxylation is 1. The van der Waals surface area contributed by atoms with E-state index in [9.17, 15) is 0 Å². The first kappa shape index (κ1) is 15.8. The Morgan fingerprint density at radius 2 is 2.22 bits per heavy atom. The zero-order chi connectivity index (χ0) is 16.2. The van der Waals surface area contributed by atoms with E-state index in [1.165, 1.54) is 0 Å². The van der Waals surface area contributed by atoms with Crippen LogP contribution in [0, 0.1) is 0 Å². The van der Waals surface area contributed by atoms with Crippen LogP contribution < -0.4 is 11.1 Å². The molecular weight excluding hydrogens is 294 g/mol. The summed E-state index contributed by atoms with van der Waals surface area (Å²) >= 11 is 0. The Labute approximate surface area is 135 Å². The third-order valence-corrected chi connectivity index (χ3v) is 4.12. The van der Waals surface area contributed by atoms with Crippen LogP contribution in [-0.2, 0) is 24.8 Å². The summed E-state index contributed by atoms with van der Waals surface area (Å²) in [4.78, 5) is 13.3. The maximum atomic E-state index is 5.89. The van der Waals surface area contributed by atoms with Gasteiger partial charge in [0.2, 0.25) is 0 Å². The fourth-order valence-electron chi connectivity index (χ4n) is 2.76. The normalized spacial score (nSPS) is 20.3. The van der Waals surface area contributed by atoms with E-state index in [0.717, 1.165) is 43.1 Å². The van der Waals surface area contributed by atoms with Crippen molar-refractivity contribution in [1.29, 1.82) is 0 Å². The van der Waals surface area contributed by atoms with E-state index in [1.54, 1.807) is 18.1 Å². The molecule has 2 heterocycles. The molecular formula is C15H23N7O. The van der Waals surface area contributed by atoms with Gasteiger partial charge in [-0.2, -0.15) is 5.10 Å². The van der Waals surface area contributed by atoms with E-state index in [1.807, 2.05) is 13.1 Å². The molecule has 0 amide bonds.